The molecule has 0 unspecified atom stereocenters. The minimum atomic E-state index is -1.08. The molecule has 0 saturated carbocycles. The van der Waals surface area contributed by atoms with Crippen LogP contribution in [0, 0.1) is 0 Å². The largest absolute Gasteiger partial charge is 0.478 e. The first-order chi connectivity index (χ1) is 10.1. The lowest BCUT2D eigenvalue weighted by Gasteiger charge is -2.18. The quantitative estimate of drug-likeness (QED) is 0.904. The Labute approximate surface area is 122 Å². The number of carbonyl (C=O) groups is 2. The van der Waals surface area contributed by atoms with Crippen LogP contribution in [0.25, 0.3) is 0 Å². The normalized spacial score (nSPS) is 9.95. The molecule has 1 heterocycles. The van der Waals surface area contributed by atoms with E-state index in [0.29, 0.717) is 6.54 Å². The van der Waals surface area contributed by atoms with Gasteiger partial charge in [0.2, 0.25) is 0 Å². The second kappa shape index (κ2) is 6.51. The van der Waals surface area contributed by atoms with Gasteiger partial charge in [0.15, 0.2) is 0 Å². The minimum absolute atomic E-state index is 0.0529. The molecule has 6 heteroatoms. The Balaban J connectivity index is 2.06. The average Bonchev–Trinajstić information content (AvgIpc) is 2.48. The smallest absolute Gasteiger partial charge is 0.337 e. The zero-order chi connectivity index (χ0) is 15.2. The number of rotatable bonds is 4. The van der Waals surface area contributed by atoms with Crippen molar-refractivity contribution >= 4 is 17.7 Å². The van der Waals surface area contributed by atoms with Crippen LogP contribution in [0.2, 0.25) is 0 Å². The van der Waals surface area contributed by atoms with Crippen LogP contribution >= 0.6 is 0 Å². The maximum atomic E-state index is 12.1. The lowest BCUT2D eigenvalue weighted by molar-refractivity contribution is 0.0698. The summed E-state index contributed by atoms with van der Waals surface area (Å²) < 4.78 is 0. The highest BCUT2D eigenvalue weighted by Gasteiger charge is 2.14. The van der Waals surface area contributed by atoms with Crippen molar-refractivity contribution in [2.75, 3.05) is 12.4 Å². The first kappa shape index (κ1) is 14.5. The third kappa shape index (κ3) is 3.79. The third-order valence-electron chi connectivity index (χ3n) is 2.87. The molecule has 0 atom stereocenters. The summed E-state index contributed by atoms with van der Waals surface area (Å²) in [4.78, 5) is 28.7. The number of aromatic carboxylic acids is 1. The molecule has 1 aromatic heterocycles. The van der Waals surface area contributed by atoms with Crippen LogP contribution in [-0.2, 0) is 6.54 Å². The predicted molar refractivity (Wildman–Crippen MR) is 78.1 cm³/mol. The molecule has 1 aromatic carbocycles. The number of urea groups is 1. The van der Waals surface area contributed by atoms with Crippen LogP contribution in [0.3, 0.4) is 0 Å². The number of carboxylic acid groups (broad SMARTS) is 1. The SMILES string of the molecule is CN(Cc1ccccn1)C(=O)Nc1ccccc1C(=O)O. The van der Waals surface area contributed by atoms with E-state index in [9.17, 15) is 9.59 Å². The monoisotopic (exact) mass is 285 g/mol. The molecule has 0 fully saturated rings. The van der Waals surface area contributed by atoms with Gasteiger partial charge in [-0.05, 0) is 24.3 Å². The van der Waals surface area contributed by atoms with Crippen molar-refractivity contribution in [1.29, 1.82) is 0 Å². The van der Waals surface area contributed by atoms with Crippen LogP contribution < -0.4 is 5.32 Å². The van der Waals surface area contributed by atoms with E-state index in [1.54, 1.807) is 37.5 Å². The Morgan fingerprint density at radius 2 is 1.90 bits per heavy atom. The van der Waals surface area contributed by atoms with Gasteiger partial charge >= 0.3 is 12.0 Å². The standard InChI is InChI=1S/C15H15N3O3/c1-18(10-11-6-4-5-9-16-11)15(21)17-13-8-3-2-7-12(13)14(19)20/h2-9H,10H2,1H3,(H,17,21)(H,19,20). The second-order valence-electron chi connectivity index (χ2n) is 4.46. The molecule has 0 aliphatic heterocycles. The molecular weight excluding hydrogens is 270 g/mol. The Bertz CT molecular complexity index is 644. The summed E-state index contributed by atoms with van der Waals surface area (Å²) in [6.45, 7) is 0.335. The van der Waals surface area contributed by atoms with Gasteiger partial charge in [-0.3, -0.25) is 4.98 Å². The Hall–Kier alpha value is -2.89. The summed E-state index contributed by atoms with van der Waals surface area (Å²) in [5.74, 6) is -1.08. The van der Waals surface area contributed by atoms with E-state index in [1.165, 1.54) is 11.0 Å². The summed E-state index contributed by atoms with van der Waals surface area (Å²) in [6, 6.07) is 11.3. The number of anilines is 1. The summed E-state index contributed by atoms with van der Waals surface area (Å²) in [7, 11) is 1.62. The van der Waals surface area contributed by atoms with E-state index in [4.69, 9.17) is 5.11 Å². The van der Waals surface area contributed by atoms with Crippen LogP contribution in [0.5, 0.6) is 0 Å². The van der Waals surface area contributed by atoms with Crippen LogP contribution in [0.15, 0.2) is 48.7 Å². The van der Waals surface area contributed by atoms with Gasteiger partial charge in [-0.1, -0.05) is 18.2 Å². The van der Waals surface area contributed by atoms with Crippen molar-refractivity contribution in [3.05, 3.63) is 59.9 Å². The molecule has 0 bridgehead atoms. The number of hydrogen-bond donors (Lipinski definition) is 2. The van der Waals surface area contributed by atoms with E-state index in [2.05, 4.69) is 10.3 Å². The lowest BCUT2D eigenvalue weighted by Crippen LogP contribution is -2.31. The number of nitrogens with zero attached hydrogens (tertiary/aromatic N) is 2. The summed E-state index contributed by atoms with van der Waals surface area (Å²) in [5, 5.41) is 11.7. The first-order valence-corrected chi connectivity index (χ1v) is 6.32. The molecule has 21 heavy (non-hydrogen) atoms. The van der Waals surface area contributed by atoms with Crippen LogP contribution in [0.1, 0.15) is 16.1 Å². The predicted octanol–water partition coefficient (Wildman–Crippen LogP) is 2.44. The van der Waals surface area contributed by atoms with E-state index in [-0.39, 0.29) is 11.3 Å². The van der Waals surface area contributed by atoms with E-state index >= 15 is 0 Å². The lowest BCUT2D eigenvalue weighted by atomic mass is 10.2. The number of hydrogen-bond acceptors (Lipinski definition) is 3. The summed E-state index contributed by atoms with van der Waals surface area (Å²) in [5.41, 5.74) is 1.07. The van der Waals surface area contributed by atoms with Gasteiger partial charge in [-0.15, -0.1) is 0 Å². The van der Waals surface area contributed by atoms with Crippen molar-refractivity contribution < 1.29 is 14.7 Å². The molecule has 0 aliphatic rings. The molecule has 0 spiro atoms. The first-order valence-electron chi connectivity index (χ1n) is 6.32. The Kier molecular flexibility index (Phi) is 4.50. The molecule has 2 amide bonds. The summed E-state index contributed by atoms with van der Waals surface area (Å²) >= 11 is 0. The minimum Gasteiger partial charge on any atom is -0.478 e. The van der Waals surface area contributed by atoms with Crippen LogP contribution in [-0.4, -0.2) is 34.0 Å². The van der Waals surface area contributed by atoms with Gasteiger partial charge < -0.3 is 15.3 Å². The van der Waals surface area contributed by atoms with Gasteiger partial charge in [0.1, 0.15) is 0 Å². The maximum absolute atomic E-state index is 12.1. The van der Waals surface area contributed by atoms with E-state index < -0.39 is 12.0 Å². The number of aromatic nitrogens is 1. The molecule has 2 rings (SSSR count). The van der Waals surface area contributed by atoms with E-state index in [0.717, 1.165) is 5.69 Å². The molecule has 0 saturated heterocycles. The van der Waals surface area contributed by atoms with Gasteiger partial charge in [0.05, 0.1) is 23.5 Å². The number of carboxylic acids is 1. The molecule has 2 N–H and O–H groups in total. The van der Waals surface area contributed by atoms with Gasteiger partial charge in [-0.2, -0.15) is 0 Å². The zero-order valence-electron chi connectivity index (χ0n) is 11.5. The van der Waals surface area contributed by atoms with Crippen LogP contribution in [0.4, 0.5) is 10.5 Å². The Morgan fingerprint density at radius 1 is 1.19 bits per heavy atom. The number of nitrogens with one attached hydrogen (secondary N) is 1. The topological polar surface area (TPSA) is 82.5 Å². The number of carbonyl (C=O) groups excluding carboxylic acids is 1. The van der Waals surface area contributed by atoms with Crippen molar-refractivity contribution in [3.8, 4) is 0 Å². The molecule has 2 aromatic rings. The fraction of sp³-hybridized carbons (Fsp3) is 0.133. The number of pyridine rings is 1. The molecule has 108 valence electrons. The highest BCUT2D eigenvalue weighted by molar-refractivity contribution is 5.99. The molecule has 0 radical (unpaired) electrons. The molecule has 6 nitrogen and oxygen atoms in total. The Morgan fingerprint density at radius 3 is 2.57 bits per heavy atom. The third-order valence-corrected chi connectivity index (χ3v) is 2.87. The highest BCUT2D eigenvalue weighted by atomic mass is 16.4. The molecular formula is C15H15N3O3. The number of amides is 2. The average molecular weight is 285 g/mol. The van der Waals surface area contributed by atoms with Gasteiger partial charge in [-0.25, -0.2) is 9.59 Å². The van der Waals surface area contributed by atoms with Gasteiger partial charge in [0, 0.05) is 13.2 Å². The molecule has 0 aliphatic carbocycles. The summed E-state index contributed by atoms with van der Waals surface area (Å²) in [6.07, 6.45) is 1.65. The maximum Gasteiger partial charge on any atom is 0.337 e. The van der Waals surface area contributed by atoms with E-state index in [1.807, 2.05) is 12.1 Å². The van der Waals surface area contributed by atoms with Gasteiger partial charge in [0.25, 0.3) is 0 Å². The van der Waals surface area contributed by atoms with Crippen molar-refractivity contribution in [3.63, 3.8) is 0 Å². The van der Waals surface area contributed by atoms with Crippen molar-refractivity contribution in [2.24, 2.45) is 0 Å². The highest BCUT2D eigenvalue weighted by Crippen LogP contribution is 2.15. The second-order valence-corrected chi connectivity index (χ2v) is 4.46. The van der Waals surface area contributed by atoms with Crippen molar-refractivity contribution in [2.45, 2.75) is 6.54 Å². The van der Waals surface area contributed by atoms with Crippen molar-refractivity contribution in [1.82, 2.24) is 9.88 Å². The zero-order valence-corrected chi connectivity index (χ0v) is 11.5. The number of para-hydroxylation sites is 1. The fourth-order valence-corrected chi connectivity index (χ4v) is 1.80. The number of benzene rings is 1. The fourth-order valence-electron chi connectivity index (χ4n) is 1.80.